The van der Waals surface area contributed by atoms with E-state index < -0.39 is 0 Å². The van der Waals surface area contributed by atoms with Crippen LogP contribution < -0.4 is 5.32 Å². The van der Waals surface area contributed by atoms with Crippen LogP contribution in [0.3, 0.4) is 0 Å². The Balaban J connectivity index is 1.64. The molecule has 138 valence electrons. The van der Waals surface area contributed by atoms with Crippen molar-refractivity contribution >= 4 is 11.8 Å². The first-order chi connectivity index (χ1) is 12.5. The second-order valence-corrected chi connectivity index (χ2v) is 6.99. The first kappa shape index (κ1) is 18.0. The number of likely N-dealkylation sites (tertiary alicyclic amines) is 1. The van der Waals surface area contributed by atoms with E-state index in [1.165, 1.54) is 6.33 Å². The van der Waals surface area contributed by atoms with Crippen LogP contribution in [-0.2, 0) is 4.79 Å². The third-order valence-electron chi connectivity index (χ3n) is 4.62. The normalized spacial score (nSPS) is 15.3. The number of rotatable bonds is 4. The molecule has 0 aliphatic carbocycles. The number of amides is 2. The zero-order valence-electron chi connectivity index (χ0n) is 15.3. The minimum atomic E-state index is -0.00891. The molecule has 2 heterocycles. The number of benzene rings is 1. The van der Waals surface area contributed by atoms with Crippen LogP contribution in [0.2, 0.25) is 0 Å². The standard InChI is InChI=1S/C18H24N6O2/c1-12(2)20-17(25)14-6-8-23(9-7-14)18(26)15-4-5-16(13(3)10-15)24-11-19-21-22-24/h4-5,10-12,14H,6-9H2,1-3H3,(H,20,25). The van der Waals surface area contributed by atoms with E-state index in [-0.39, 0.29) is 23.8 Å². The molecule has 0 radical (unpaired) electrons. The number of tetrazole rings is 1. The van der Waals surface area contributed by atoms with Crippen LogP contribution >= 0.6 is 0 Å². The summed E-state index contributed by atoms with van der Waals surface area (Å²) in [7, 11) is 0. The number of carbonyl (C=O) groups is 2. The average Bonchev–Trinajstić information content (AvgIpc) is 3.15. The van der Waals surface area contributed by atoms with Gasteiger partial charge in [0.05, 0.1) is 5.69 Å². The van der Waals surface area contributed by atoms with Crippen molar-refractivity contribution in [1.82, 2.24) is 30.4 Å². The topological polar surface area (TPSA) is 93.0 Å². The lowest BCUT2D eigenvalue weighted by molar-refractivity contribution is -0.126. The Bertz CT molecular complexity index is 779. The van der Waals surface area contributed by atoms with Gasteiger partial charge in [-0.15, -0.1) is 5.10 Å². The Hall–Kier alpha value is -2.77. The molecule has 1 fully saturated rings. The van der Waals surface area contributed by atoms with Gasteiger partial charge in [-0.1, -0.05) is 0 Å². The molecule has 1 aromatic carbocycles. The molecule has 1 aliphatic heterocycles. The zero-order chi connectivity index (χ0) is 18.7. The van der Waals surface area contributed by atoms with Gasteiger partial charge < -0.3 is 10.2 Å². The summed E-state index contributed by atoms with van der Waals surface area (Å²) >= 11 is 0. The van der Waals surface area contributed by atoms with Gasteiger partial charge in [-0.2, -0.15) is 0 Å². The maximum absolute atomic E-state index is 12.8. The fraction of sp³-hybridized carbons (Fsp3) is 0.500. The molecule has 26 heavy (non-hydrogen) atoms. The molecule has 0 bridgehead atoms. The highest BCUT2D eigenvalue weighted by Crippen LogP contribution is 2.21. The molecule has 0 spiro atoms. The van der Waals surface area contributed by atoms with Gasteiger partial charge in [0.1, 0.15) is 6.33 Å². The summed E-state index contributed by atoms with van der Waals surface area (Å²) in [4.78, 5) is 26.7. The lowest BCUT2D eigenvalue weighted by Crippen LogP contribution is -2.44. The fourth-order valence-corrected chi connectivity index (χ4v) is 3.25. The lowest BCUT2D eigenvalue weighted by Gasteiger charge is -2.32. The van der Waals surface area contributed by atoms with Gasteiger partial charge in [-0.25, -0.2) is 4.68 Å². The third kappa shape index (κ3) is 3.89. The van der Waals surface area contributed by atoms with Crippen LogP contribution in [-0.4, -0.2) is 56.1 Å². The Kier molecular flexibility index (Phi) is 5.29. The second kappa shape index (κ2) is 7.63. The third-order valence-corrected chi connectivity index (χ3v) is 4.62. The maximum Gasteiger partial charge on any atom is 0.253 e. The number of aromatic nitrogens is 4. The summed E-state index contributed by atoms with van der Waals surface area (Å²) in [5.41, 5.74) is 2.41. The molecular weight excluding hydrogens is 332 g/mol. The molecule has 8 nitrogen and oxygen atoms in total. The second-order valence-electron chi connectivity index (χ2n) is 6.99. The van der Waals surface area contributed by atoms with Gasteiger partial charge >= 0.3 is 0 Å². The van der Waals surface area contributed by atoms with Crippen molar-refractivity contribution in [3.63, 3.8) is 0 Å². The van der Waals surface area contributed by atoms with E-state index >= 15 is 0 Å². The zero-order valence-corrected chi connectivity index (χ0v) is 15.3. The van der Waals surface area contributed by atoms with E-state index in [9.17, 15) is 9.59 Å². The molecule has 0 saturated carbocycles. The minimum Gasteiger partial charge on any atom is -0.354 e. The van der Waals surface area contributed by atoms with Crippen LogP contribution in [0.5, 0.6) is 0 Å². The molecule has 2 aromatic rings. The van der Waals surface area contributed by atoms with Crippen molar-refractivity contribution in [2.45, 2.75) is 39.7 Å². The molecule has 1 N–H and O–H groups in total. The van der Waals surface area contributed by atoms with Crippen molar-refractivity contribution in [2.24, 2.45) is 5.92 Å². The summed E-state index contributed by atoms with van der Waals surface area (Å²) in [5, 5.41) is 14.1. The van der Waals surface area contributed by atoms with Gasteiger partial charge in [-0.3, -0.25) is 9.59 Å². The molecule has 2 amide bonds. The van der Waals surface area contributed by atoms with E-state index in [4.69, 9.17) is 0 Å². The van der Waals surface area contributed by atoms with E-state index in [0.29, 0.717) is 31.5 Å². The molecule has 1 aliphatic rings. The Morgan fingerprint density at radius 3 is 2.54 bits per heavy atom. The molecule has 3 rings (SSSR count). The molecule has 0 unspecified atom stereocenters. The van der Waals surface area contributed by atoms with E-state index in [1.54, 1.807) is 10.7 Å². The van der Waals surface area contributed by atoms with Gasteiger partial charge in [0.2, 0.25) is 5.91 Å². The smallest absolute Gasteiger partial charge is 0.253 e. The predicted octanol–water partition coefficient (Wildman–Crippen LogP) is 1.35. The molecular formula is C18H24N6O2. The van der Waals surface area contributed by atoms with Crippen LogP contribution in [0.25, 0.3) is 5.69 Å². The van der Waals surface area contributed by atoms with Crippen molar-refractivity contribution in [3.8, 4) is 5.69 Å². The predicted molar refractivity (Wildman–Crippen MR) is 95.8 cm³/mol. The van der Waals surface area contributed by atoms with Crippen molar-refractivity contribution in [1.29, 1.82) is 0 Å². The van der Waals surface area contributed by atoms with Crippen LogP contribution in [0.1, 0.15) is 42.6 Å². The number of aryl methyl sites for hydroxylation is 1. The Morgan fingerprint density at radius 1 is 1.23 bits per heavy atom. The van der Waals surface area contributed by atoms with Gasteiger partial charge in [0.25, 0.3) is 5.91 Å². The van der Waals surface area contributed by atoms with Crippen LogP contribution in [0, 0.1) is 12.8 Å². The summed E-state index contributed by atoms with van der Waals surface area (Å²) in [6.45, 7) is 7.04. The van der Waals surface area contributed by atoms with Crippen molar-refractivity contribution in [2.75, 3.05) is 13.1 Å². The summed E-state index contributed by atoms with van der Waals surface area (Å²) < 4.78 is 1.57. The lowest BCUT2D eigenvalue weighted by atomic mass is 9.95. The number of hydrogen-bond donors (Lipinski definition) is 1. The first-order valence-corrected chi connectivity index (χ1v) is 8.89. The van der Waals surface area contributed by atoms with Crippen molar-refractivity contribution < 1.29 is 9.59 Å². The summed E-state index contributed by atoms with van der Waals surface area (Å²) in [6, 6.07) is 5.64. The van der Waals surface area contributed by atoms with E-state index in [2.05, 4.69) is 20.8 Å². The highest BCUT2D eigenvalue weighted by Gasteiger charge is 2.28. The Morgan fingerprint density at radius 2 is 1.96 bits per heavy atom. The molecule has 0 atom stereocenters. The molecule has 1 aromatic heterocycles. The SMILES string of the molecule is Cc1cc(C(=O)N2CCC(C(=O)NC(C)C)CC2)ccc1-n1cnnn1. The van der Waals surface area contributed by atoms with Crippen LogP contribution in [0.15, 0.2) is 24.5 Å². The number of nitrogens with one attached hydrogen (secondary N) is 1. The largest absolute Gasteiger partial charge is 0.354 e. The molecule has 1 saturated heterocycles. The summed E-state index contributed by atoms with van der Waals surface area (Å²) in [5.74, 6) is 0.0817. The average molecular weight is 356 g/mol. The quantitative estimate of drug-likeness (QED) is 0.892. The van der Waals surface area contributed by atoms with Gasteiger partial charge in [0.15, 0.2) is 0 Å². The van der Waals surface area contributed by atoms with Gasteiger partial charge in [-0.05, 0) is 67.8 Å². The highest BCUT2D eigenvalue weighted by molar-refractivity contribution is 5.95. The number of carbonyl (C=O) groups excluding carboxylic acids is 2. The van der Waals surface area contributed by atoms with Gasteiger partial charge in [0, 0.05) is 30.6 Å². The number of nitrogens with zero attached hydrogens (tertiary/aromatic N) is 5. The highest BCUT2D eigenvalue weighted by atomic mass is 16.2. The van der Waals surface area contributed by atoms with Crippen LogP contribution in [0.4, 0.5) is 0 Å². The molecule has 8 heteroatoms. The van der Waals surface area contributed by atoms with E-state index in [1.807, 2.05) is 37.8 Å². The monoisotopic (exact) mass is 356 g/mol. The first-order valence-electron chi connectivity index (χ1n) is 8.89. The maximum atomic E-state index is 12.8. The minimum absolute atomic E-state index is 0.000849. The summed E-state index contributed by atoms with van der Waals surface area (Å²) in [6.07, 6.45) is 2.93. The fourth-order valence-electron chi connectivity index (χ4n) is 3.25. The van der Waals surface area contributed by atoms with E-state index in [0.717, 1.165) is 11.3 Å². The van der Waals surface area contributed by atoms with Crippen molar-refractivity contribution in [3.05, 3.63) is 35.7 Å². The number of piperidine rings is 1. The number of hydrogen-bond acceptors (Lipinski definition) is 5. The Labute approximate surface area is 152 Å².